The third kappa shape index (κ3) is 5.85. The van der Waals surface area contributed by atoms with Gasteiger partial charge >= 0.3 is 0 Å². The first kappa shape index (κ1) is 19.4. The Hall–Kier alpha value is -1.89. The molecule has 7 heteroatoms. The zero-order valence-electron chi connectivity index (χ0n) is 13.9. The lowest BCUT2D eigenvalue weighted by Gasteiger charge is -2.23. The number of benzene rings is 2. The van der Waals surface area contributed by atoms with Crippen LogP contribution >= 0.6 is 27.5 Å². The van der Waals surface area contributed by atoms with Gasteiger partial charge in [-0.3, -0.25) is 14.5 Å². The molecule has 0 aliphatic heterocycles. The summed E-state index contributed by atoms with van der Waals surface area (Å²) >= 11 is 9.37. The van der Waals surface area contributed by atoms with Crippen molar-refractivity contribution in [3.8, 4) is 0 Å². The maximum atomic E-state index is 12.3. The molecule has 0 bridgehead atoms. The van der Waals surface area contributed by atoms with Gasteiger partial charge in [-0.2, -0.15) is 0 Å². The number of hydrogen-bond acceptors (Lipinski definition) is 3. The summed E-state index contributed by atoms with van der Waals surface area (Å²) in [4.78, 5) is 26.1. The van der Waals surface area contributed by atoms with Crippen molar-refractivity contribution in [2.75, 3.05) is 24.2 Å². The van der Waals surface area contributed by atoms with Gasteiger partial charge in [-0.1, -0.05) is 39.7 Å². The zero-order valence-corrected chi connectivity index (χ0v) is 16.3. The Bertz CT molecular complexity index is 752. The number of nitrogens with zero attached hydrogens (tertiary/aromatic N) is 1. The monoisotopic (exact) mass is 423 g/mol. The van der Waals surface area contributed by atoms with E-state index in [1.807, 2.05) is 12.1 Å². The molecule has 0 aromatic heterocycles. The van der Waals surface area contributed by atoms with Gasteiger partial charge < -0.3 is 10.6 Å². The van der Waals surface area contributed by atoms with Crippen LogP contribution < -0.4 is 10.6 Å². The molecule has 0 radical (unpaired) electrons. The van der Waals surface area contributed by atoms with Crippen molar-refractivity contribution in [1.29, 1.82) is 0 Å². The minimum Gasteiger partial charge on any atom is -0.325 e. The molecule has 0 unspecified atom stereocenters. The smallest absolute Gasteiger partial charge is 0.241 e. The number of halogens is 2. The Kier molecular flexibility index (Phi) is 6.99. The molecule has 0 saturated carbocycles. The highest BCUT2D eigenvalue weighted by Crippen LogP contribution is 2.20. The number of hydrogen-bond donors (Lipinski definition) is 2. The molecule has 0 aliphatic carbocycles. The van der Waals surface area contributed by atoms with Crippen LogP contribution in [0.1, 0.15) is 6.92 Å². The lowest BCUT2D eigenvalue weighted by atomic mass is 10.2. The lowest BCUT2D eigenvalue weighted by molar-refractivity contribution is -0.122. The molecule has 2 rings (SSSR count). The van der Waals surface area contributed by atoms with Gasteiger partial charge in [0.15, 0.2) is 0 Å². The van der Waals surface area contributed by atoms with Crippen molar-refractivity contribution < 1.29 is 9.59 Å². The molecule has 2 amide bonds. The van der Waals surface area contributed by atoms with Gasteiger partial charge in [0.1, 0.15) is 0 Å². The molecule has 2 aromatic carbocycles. The highest BCUT2D eigenvalue weighted by atomic mass is 79.9. The Morgan fingerprint density at radius 1 is 1.12 bits per heavy atom. The van der Waals surface area contributed by atoms with E-state index < -0.39 is 6.04 Å². The van der Waals surface area contributed by atoms with E-state index in [0.29, 0.717) is 16.4 Å². The molecule has 5 nitrogen and oxygen atoms in total. The van der Waals surface area contributed by atoms with Gasteiger partial charge in [0.25, 0.3) is 0 Å². The van der Waals surface area contributed by atoms with Crippen LogP contribution in [0.3, 0.4) is 0 Å². The summed E-state index contributed by atoms with van der Waals surface area (Å²) in [7, 11) is 1.72. The molecule has 0 saturated heterocycles. The summed E-state index contributed by atoms with van der Waals surface area (Å²) < 4.78 is 0.937. The first-order chi connectivity index (χ1) is 11.9. The Labute approximate surface area is 160 Å². The summed E-state index contributed by atoms with van der Waals surface area (Å²) in [6.45, 7) is 1.82. The summed E-state index contributed by atoms with van der Waals surface area (Å²) in [6.07, 6.45) is 0. The average molecular weight is 425 g/mol. The molecule has 132 valence electrons. The second kappa shape index (κ2) is 8.99. The Balaban J connectivity index is 1.89. The number of nitrogens with one attached hydrogen (secondary N) is 2. The van der Waals surface area contributed by atoms with Gasteiger partial charge in [-0.05, 0) is 50.4 Å². The zero-order chi connectivity index (χ0) is 18.4. The van der Waals surface area contributed by atoms with E-state index in [9.17, 15) is 9.59 Å². The van der Waals surface area contributed by atoms with E-state index in [4.69, 9.17) is 11.6 Å². The number of likely N-dealkylation sites (N-methyl/N-ethyl adjacent to an activating group) is 1. The fourth-order valence-electron chi connectivity index (χ4n) is 2.10. The predicted molar refractivity (Wildman–Crippen MR) is 105 cm³/mol. The third-order valence-corrected chi connectivity index (χ3v) is 4.55. The number of carbonyl (C=O) groups is 2. The largest absolute Gasteiger partial charge is 0.325 e. The topological polar surface area (TPSA) is 61.4 Å². The fourth-order valence-corrected chi connectivity index (χ4v) is 2.54. The van der Waals surface area contributed by atoms with Crippen molar-refractivity contribution in [1.82, 2.24) is 4.90 Å². The minimum atomic E-state index is -0.472. The van der Waals surface area contributed by atoms with E-state index in [1.165, 1.54) is 0 Å². The number of amides is 2. The quantitative estimate of drug-likeness (QED) is 0.737. The van der Waals surface area contributed by atoms with Gasteiger partial charge in [0, 0.05) is 10.2 Å². The number of anilines is 2. The Morgan fingerprint density at radius 2 is 1.76 bits per heavy atom. The summed E-state index contributed by atoms with van der Waals surface area (Å²) in [5.41, 5.74) is 1.25. The van der Waals surface area contributed by atoms with Crippen LogP contribution in [0.5, 0.6) is 0 Å². The number of rotatable bonds is 6. The standard InChI is InChI=1S/C18H19BrClN3O2/c1-12(18(25)21-14-9-7-13(19)8-10-14)23(2)11-17(24)22-16-6-4-3-5-15(16)20/h3-10,12H,11H2,1-2H3,(H,21,25)(H,22,24)/t12-/m0/s1. The molecule has 0 aliphatic rings. The summed E-state index contributed by atoms with van der Waals surface area (Å²) in [6, 6.07) is 13.8. The van der Waals surface area contributed by atoms with Crippen LogP contribution in [0.4, 0.5) is 11.4 Å². The summed E-state index contributed by atoms with van der Waals surface area (Å²) in [5.74, 6) is -0.422. The predicted octanol–water partition coefficient (Wildman–Crippen LogP) is 4.00. The minimum absolute atomic E-state index is 0.0696. The van der Waals surface area contributed by atoms with Crippen LogP contribution in [-0.2, 0) is 9.59 Å². The lowest BCUT2D eigenvalue weighted by Crippen LogP contribution is -2.43. The van der Waals surface area contributed by atoms with E-state index in [2.05, 4.69) is 26.6 Å². The SMILES string of the molecule is C[C@@H](C(=O)Nc1ccc(Br)cc1)N(C)CC(=O)Nc1ccccc1Cl. The van der Waals surface area contributed by atoms with Crippen molar-refractivity contribution in [2.45, 2.75) is 13.0 Å². The molecule has 2 aromatic rings. The van der Waals surface area contributed by atoms with Gasteiger partial charge in [-0.15, -0.1) is 0 Å². The number of carbonyl (C=O) groups excluding carboxylic acids is 2. The molecule has 2 N–H and O–H groups in total. The highest BCUT2D eigenvalue weighted by molar-refractivity contribution is 9.10. The van der Waals surface area contributed by atoms with E-state index in [-0.39, 0.29) is 18.4 Å². The second-order valence-corrected chi connectivity index (χ2v) is 6.94. The third-order valence-electron chi connectivity index (χ3n) is 3.69. The normalized spacial score (nSPS) is 11.9. The van der Waals surface area contributed by atoms with Crippen LogP contribution in [0, 0.1) is 0 Å². The van der Waals surface area contributed by atoms with Gasteiger partial charge in [-0.25, -0.2) is 0 Å². The van der Waals surface area contributed by atoms with Crippen molar-refractivity contribution >= 4 is 50.7 Å². The van der Waals surface area contributed by atoms with E-state index >= 15 is 0 Å². The maximum absolute atomic E-state index is 12.3. The highest BCUT2D eigenvalue weighted by Gasteiger charge is 2.20. The Morgan fingerprint density at radius 3 is 2.40 bits per heavy atom. The number of para-hydroxylation sites is 1. The van der Waals surface area contributed by atoms with E-state index in [0.717, 1.165) is 4.47 Å². The second-order valence-electron chi connectivity index (χ2n) is 5.62. The first-order valence-corrected chi connectivity index (χ1v) is 8.85. The van der Waals surface area contributed by atoms with Crippen LogP contribution in [0.15, 0.2) is 53.0 Å². The molecule has 0 spiro atoms. The van der Waals surface area contributed by atoms with Crippen molar-refractivity contribution in [3.05, 3.63) is 58.0 Å². The van der Waals surface area contributed by atoms with Crippen molar-refractivity contribution in [2.24, 2.45) is 0 Å². The molecule has 0 heterocycles. The van der Waals surface area contributed by atoms with Gasteiger partial charge in [0.2, 0.25) is 11.8 Å². The van der Waals surface area contributed by atoms with Crippen LogP contribution in [0.25, 0.3) is 0 Å². The average Bonchev–Trinajstić information content (AvgIpc) is 2.58. The fraction of sp³-hybridized carbons (Fsp3) is 0.222. The van der Waals surface area contributed by atoms with Crippen molar-refractivity contribution in [3.63, 3.8) is 0 Å². The van der Waals surface area contributed by atoms with Crippen LogP contribution in [-0.4, -0.2) is 36.3 Å². The first-order valence-electron chi connectivity index (χ1n) is 7.68. The van der Waals surface area contributed by atoms with Gasteiger partial charge in [0.05, 0.1) is 23.3 Å². The van der Waals surface area contributed by atoms with E-state index in [1.54, 1.807) is 55.3 Å². The molecule has 0 fully saturated rings. The summed E-state index contributed by atoms with van der Waals surface area (Å²) in [5, 5.41) is 6.04. The molecular weight excluding hydrogens is 406 g/mol. The molecule has 25 heavy (non-hydrogen) atoms. The van der Waals surface area contributed by atoms with Crippen LogP contribution in [0.2, 0.25) is 5.02 Å². The molecular formula is C18H19BrClN3O2. The molecule has 1 atom stereocenters. The maximum Gasteiger partial charge on any atom is 0.241 e.